The van der Waals surface area contributed by atoms with E-state index in [-0.39, 0.29) is 6.10 Å². The Morgan fingerprint density at radius 1 is 1.31 bits per heavy atom. The third-order valence-corrected chi connectivity index (χ3v) is 3.82. The van der Waals surface area contributed by atoms with Crippen LogP contribution in [0.25, 0.3) is 10.9 Å². The topological polar surface area (TPSA) is 48.1 Å². The Kier molecular flexibility index (Phi) is 2.53. The number of ether oxygens (including phenoxy) is 1. The first-order valence-corrected chi connectivity index (χ1v) is 6.37. The largest absolute Gasteiger partial charge is 0.479 e. The van der Waals surface area contributed by atoms with Gasteiger partial charge in [0.25, 0.3) is 0 Å². The van der Waals surface area contributed by atoms with Crippen molar-refractivity contribution in [2.75, 3.05) is 0 Å². The molecule has 0 aliphatic heterocycles. The number of benzene rings is 1. The number of hydrogen-bond donors (Lipinski definition) is 1. The van der Waals surface area contributed by atoms with Gasteiger partial charge >= 0.3 is 0 Å². The van der Waals surface area contributed by atoms with Crippen molar-refractivity contribution in [3.63, 3.8) is 0 Å². The van der Waals surface area contributed by atoms with Crippen molar-refractivity contribution < 1.29 is 4.74 Å². The average molecular weight is 234 g/mol. The van der Waals surface area contributed by atoms with E-state index in [9.17, 15) is 0 Å². The summed E-state index contributed by atoms with van der Waals surface area (Å²) in [4.78, 5) is 0. The molecule has 2 atom stereocenters. The predicted molar refractivity (Wildman–Crippen MR) is 65.9 cm³/mol. The molecule has 0 spiro atoms. The van der Waals surface area contributed by atoms with Gasteiger partial charge < -0.3 is 10.5 Å². The summed E-state index contributed by atoms with van der Waals surface area (Å²) < 4.78 is 10.3. The summed E-state index contributed by atoms with van der Waals surface area (Å²) in [5, 5.41) is 2.06. The van der Waals surface area contributed by atoms with Gasteiger partial charge in [-0.2, -0.15) is 4.37 Å². The maximum absolute atomic E-state index is 5.98. The smallest absolute Gasteiger partial charge is 0.201 e. The van der Waals surface area contributed by atoms with Gasteiger partial charge in [0.15, 0.2) is 0 Å². The van der Waals surface area contributed by atoms with E-state index >= 15 is 0 Å². The molecule has 0 amide bonds. The predicted octanol–water partition coefficient (Wildman–Crippen LogP) is 2.55. The van der Waals surface area contributed by atoms with Crippen LogP contribution in [-0.4, -0.2) is 16.5 Å². The summed E-state index contributed by atoms with van der Waals surface area (Å²) in [7, 11) is 0. The van der Waals surface area contributed by atoms with Crippen molar-refractivity contribution >= 4 is 22.4 Å². The number of hydrogen-bond acceptors (Lipinski definition) is 4. The molecule has 1 heterocycles. The molecular weight excluding hydrogens is 220 g/mol. The highest BCUT2D eigenvalue weighted by molar-refractivity contribution is 7.09. The maximum atomic E-state index is 5.98. The van der Waals surface area contributed by atoms with E-state index < -0.39 is 0 Å². The Morgan fingerprint density at radius 3 is 3.00 bits per heavy atom. The van der Waals surface area contributed by atoms with Gasteiger partial charge in [-0.25, -0.2) is 0 Å². The van der Waals surface area contributed by atoms with Crippen molar-refractivity contribution in [1.82, 2.24) is 4.37 Å². The van der Waals surface area contributed by atoms with Crippen LogP contribution >= 0.6 is 11.5 Å². The SMILES string of the molecule is NC1CCC(Oc2snc3ccccc23)C1. The quantitative estimate of drug-likeness (QED) is 0.868. The zero-order valence-electron chi connectivity index (χ0n) is 8.93. The minimum absolute atomic E-state index is 0.277. The molecule has 84 valence electrons. The summed E-state index contributed by atoms with van der Waals surface area (Å²) in [6.07, 6.45) is 3.37. The zero-order valence-corrected chi connectivity index (χ0v) is 9.74. The first-order valence-electron chi connectivity index (χ1n) is 5.59. The van der Waals surface area contributed by atoms with E-state index in [1.54, 1.807) is 0 Å². The van der Waals surface area contributed by atoms with Crippen molar-refractivity contribution in [3.05, 3.63) is 24.3 Å². The summed E-state index contributed by atoms with van der Waals surface area (Å²) >= 11 is 1.44. The van der Waals surface area contributed by atoms with Gasteiger partial charge in [-0.3, -0.25) is 0 Å². The molecular formula is C12H14N2OS. The molecule has 1 aliphatic carbocycles. The lowest BCUT2D eigenvalue weighted by Gasteiger charge is -2.11. The maximum Gasteiger partial charge on any atom is 0.201 e. The molecule has 0 saturated heterocycles. The first-order chi connectivity index (χ1) is 7.83. The van der Waals surface area contributed by atoms with Gasteiger partial charge in [0.2, 0.25) is 5.06 Å². The van der Waals surface area contributed by atoms with E-state index in [4.69, 9.17) is 10.5 Å². The average Bonchev–Trinajstić information content (AvgIpc) is 2.87. The molecule has 2 unspecified atom stereocenters. The lowest BCUT2D eigenvalue weighted by Crippen LogP contribution is -2.18. The Bertz CT molecular complexity index is 496. The van der Waals surface area contributed by atoms with Crippen LogP contribution in [0.2, 0.25) is 0 Å². The standard InChI is InChI=1S/C12H14N2OS/c13-8-5-6-9(7-8)15-12-10-3-1-2-4-11(10)14-16-12/h1-4,8-9H,5-7,13H2. The highest BCUT2D eigenvalue weighted by Gasteiger charge is 2.24. The molecule has 0 radical (unpaired) electrons. The van der Waals surface area contributed by atoms with Gasteiger partial charge in [0.05, 0.1) is 10.9 Å². The Labute approximate surface area is 98.4 Å². The second-order valence-corrected chi connectivity index (χ2v) is 5.04. The van der Waals surface area contributed by atoms with E-state index in [1.165, 1.54) is 11.5 Å². The zero-order chi connectivity index (χ0) is 11.0. The van der Waals surface area contributed by atoms with Gasteiger partial charge in [0.1, 0.15) is 6.10 Å². The second kappa shape index (κ2) is 4.03. The van der Waals surface area contributed by atoms with Gasteiger partial charge in [-0.05, 0) is 31.4 Å². The number of rotatable bonds is 2. The van der Waals surface area contributed by atoms with Crippen molar-refractivity contribution in [3.8, 4) is 5.06 Å². The molecule has 4 heteroatoms. The van der Waals surface area contributed by atoms with Crippen LogP contribution in [0.15, 0.2) is 24.3 Å². The normalized spacial score (nSPS) is 25.1. The molecule has 1 aromatic carbocycles. The number of fused-ring (bicyclic) bond motifs is 1. The molecule has 16 heavy (non-hydrogen) atoms. The molecule has 3 rings (SSSR count). The van der Waals surface area contributed by atoms with Crippen molar-refractivity contribution in [2.24, 2.45) is 5.73 Å². The Hall–Kier alpha value is -1.13. The first kappa shape index (κ1) is 10.1. The van der Waals surface area contributed by atoms with Gasteiger partial charge in [0, 0.05) is 17.6 Å². The van der Waals surface area contributed by atoms with Crippen LogP contribution in [0.1, 0.15) is 19.3 Å². The van der Waals surface area contributed by atoms with Gasteiger partial charge in [-0.15, -0.1) is 0 Å². The fraction of sp³-hybridized carbons (Fsp3) is 0.417. The minimum atomic E-state index is 0.277. The van der Waals surface area contributed by atoms with Crippen molar-refractivity contribution in [1.29, 1.82) is 0 Å². The third kappa shape index (κ3) is 1.79. The molecule has 2 N–H and O–H groups in total. The van der Waals surface area contributed by atoms with Crippen LogP contribution in [0.3, 0.4) is 0 Å². The molecule has 1 aromatic heterocycles. The van der Waals surface area contributed by atoms with E-state index in [0.717, 1.165) is 35.2 Å². The molecule has 1 saturated carbocycles. The highest BCUT2D eigenvalue weighted by atomic mass is 32.1. The van der Waals surface area contributed by atoms with Crippen LogP contribution in [0.4, 0.5) is 0 Å². The van der Waals surface area contributed by atoms with Crippen LogP contribution in [0, 0.1) is 0 Å². The lowest BCUT2D eigenvalue weighted by molar-refractivity contribution is 0.217. The van der Waals surface area contributed by atoms with Gasteiger partial charge in [-0.1, -0.05) is 12.1 Å². The number of nitrogens with zero attached hydrogens (tertiary/aromatic N) is 1. The van der Waals surface area contributed by atoms with Crippen LogP contribution in [-0.2, 0) is 0 Å². The minimum Gasteiger partial charge on any atom is -0.479 e. The fourth-order valence-electron chi connectivity index (χ4n) is 2.18. The summed E-state index contributed by atoms with van der Waals surface area (Å²) in [5.41, 5.74) is 6.89. The molecule has 0 bridgehead atoms. The Morgan fingerprint density at radius 2 is 2.19 bits per heavy atom. The van der Waals surface area contributed by atoms with Crippen LogP contribution < -0.4 is 10.5 Å². The van der Waals surface area contributed by atoms with Crippen molar-refractivity contribution in [2.45, 2.75) is 31.4 Å². The molecule has 1 aliphatic rings. The van der Waals surface area contributed by atoms with E-state index in [1.807, 2.05) is 18.2 Å². The number of aromatic nitrogens is 1. The highest BCUT2D eigenvalue weighted by Crippen LogP contribution is 2.33. The van der Waals surface area contributed by atoms with E-state index in [2.05, 4.69) is 10.4 Å². The Balaban J connectivity index is 1.84. The van der Waals surface area contributed by atoms with Crippen LogP contribution in [0.5, 0.6) is 5.06 Å². The molecule has 1 fully saturated rings. The lowest BCUT2D eigenvalue weighted by atomic mass is 10.2. The van der Waals surface area contributed by atoms with E-state index in [0.29, 0.717) is 6.04 Å². The monoisotopic (exact) mass is 234 g/mol. The summed E-state index contributed by atoms with van der Waals surface area (Å²) in [6, 6.07) is 8.40. The number of nitrogens with two attached hydrogens (primary N) is 1. The third-order valence-electron chi connectivity index (χ3n) is 3.05. The fourth-order valence-corrected chi connectivity index (χ4v) is 2.97. The summed E-state index contributed by atoms with van der Waals surface area (Å²) in [6.45, 7) is 0. The molecule has 2 aromatic rings. The second-order valence-electron chi connectivity index (χ2n) is 4.30. The molecule has 3 nitrogen and oxygen atoms in total. The summed E-state index contributed by atoms with van der Waals surface area (Å²) in [5.74, 6) is 0.